The molecule has 1 aliphatic heterocycles. The second-order valence-electron chi connectivity index (χ2n) is 5.98. The molecule has 1 heterocycles. The Morgan fingerprint density at radius 3 is 2.39 bits per heavy atom. The number of nitrogens with zero attached hydrogens (tertiary/aromatic N) is 1. The lowest BCUT2D eigenvalue weighted by Gasteiger charge is -2.40. The highest BCUT2D eigenvalue weighted by atomic mass is 16.6. The van der Waals surface area contributed by atoms with Gasteiger partial charge in [-0.2, -0.15) is 0 Å². The second kappa shape index (κ2) is 4.76. The summed E-state index contributed by atoms with van der Waals surface area (Å²) in [5, 5.41) is 19.0. The minimum Gasteiger partial charge on any atom is -0.480 e. The van der Waals surface area contributed by atoms with E-state index in [0.29, 0.717) is 6.42 Å². The van der Waals surface area contributed by atoms with Gasteiger partial charge in [-0.05, 0) is 34.1 Å². The Hall–Kier alpha value is -1.30. The summed E-state index contributed by atoms with van der Waals surface area (Å²) in [7, 11) is 0. The third kappa shape index (κ3) is 3.87. The molecule has 104 valence electrons. The maximum atomic E-state index is 11.9. The monoisotopic (exact) mass is 259 g/mol. The molecule has 2 N–H and O–H groups in total. The number of aliphatic hydroxyl groups is 1. The number of carboxylic acid groups (broad SMARTS) is 1. The lowest BCUT2D eigenvalue weighted by molar-refractivity contribution is -0.149. The Bertz CT molecular complexity index is 345. The van der Waals surface area contributed by atoms with Crippen LogP contribution >= 0.6 is 0 Å². The Labute approximate surface area is 107 Å². The minimum absolute atomic E-state index is 0.0155. The molecule has 1 fully saturated rings. The van der Waals surface area contributed by atoms with Crippen molar-refractivity contribution >= 4 is 12.1 Å². The van der Waals surface area contributed by atoms with Gasteiger partial charge in [0.1, 0.15) is 11.6 Å². The van der Waals surface area contributed by atoms with E-state index in [9.17, 15) is 14.7 Å². The molecule has 2 unspecified atom stereocenters. The maximum absolute atomic E-state index is 11.9. The summed E-state index contributed by atoms with van der Waals surface area (Å²) in [4.78, 5) is 24.2. The topological polar surface area (TPSA) is 87.1 Å². The standard InChI is InChI=1S/C12H21NO5/c1-11(2,3)18-10(16)13-6-5-12(4,17)7-8(13)9(14)15/h8,17H,5-7H2,1-4H3,(H,14,15). The van der Waals surface area contributed by atoms with Crippen LogP contribution in [0.25, 0.3) is 0 Å². The van der Waals surface area contributed by atoms with E-state index in [-0.39, 0.29) is 13.0 Å². The van der Waals surface area contributed by atoms with Crippen LogP contribution in [0.15, 0.2) is 0 Å². The Kier molecular flexibility index (Phi) is 3.90. The predicted molar refractivity (Wildman–Crippen MR) is 64.2 cm³/mol. The number of piperidine rings is 1. The average Bonchev–Trinajstić information content (AvgIpc) is 2.12. The van der Waals surface area contributed by atoms with Crippen LogP contribution < -0.4 is 0 Å². The van der Waals surface area contributed by atoms with E-state index in [1.807, 2.05) is 0 Å². The van der Waals surface area contributed by atoms with Crippen LogP contribution in [-0.4, -0.2) is 51.0 Å². The van der Waals surface area contributed by atoms with E-state index >= 15 is 0 Å². The molecular weight excluding hydrogens is 238 g/mol. The molecule has 6 nitrogen and oxygen atoms in total. The number of aliphatic carboxylic acids is 1. The number of hydrogen-bond acceptors (Lipinski definition) is 4. The Morgan fingerprint density at radius 2 is 1.94 bits per heavy atom. The quantitative estimate of drug-likeness (QED) is 0.739. The van der Waals surface area contributed by atoms with Crippen molar-refractivity contribution in [3.63, 3.8) is 0 Å². The highest BCUT2D eigenvalue weighted by Gasteiger charge is 2.42. The zero-order chi connectivity index (χ0) is 14.1. The van der Waals surface area contributed by atoms with Crippen molar-refractivity contribution in [3.8, 4) is 0 Å². The molecular formula is C12H21NO5. The van der Waals surface area contributed by atoms with Gasteiger partial charge in [0.15, 0.2) is 0 Å². The first-order valence-electron chi connectivity index (χ1n) is 5.97. The maximum Gasteiger partial charge on any atom is 0.411 e. The van der Waals surface area contributed by atoms with Crippen LogP contribution in [0, 0.1) is 0 Å². The SMILES string of the molecule is CC1(O)CCN(C(=O)OC(C)(C)C)C(C(=O)O)C1. The smallest absolute Gasteiger partial charge is 0.411 e. The highest BCUT2D eigenvalue weighted by molar-refractivity contribution is 5.80. The van der Waals surface area contributed by atoms with Gasteiger partial charge < -0.3 is 14.9 Å². The lowest BCUT2D eigenvalue weighted by Crippen LogP contribution is -2.55. The number of amides is 1. The number of ether oxygens (including phenoxy) is 1. The first-order valence-corrected chi connectivity index (χ1v) is 5.97. The summed E-state index contributed by atoms with van der Waals surface area (Å²) in [6.45, 7) is 6.93. The van der Waals surface area contributed by atoms with Crippen molar-refractivity contribution in [3.05, 3.63) is 0 Å². The Balaban J connectivity index is 2.81. The van der Waals surface area contributed by atoms with Crippen LogP contribution in [-0.2, 0) is 9.53 Å². The molecule has 0 aromatic rings. The van der Waals surface area contributed by atoms with Gasteiger partial charge in [-0.3, -0.25) is 4.90 Å². The first kappa shape index (κ1) is 14.8. The molecule has 0 radical (unpaired) electrons. The molecule has 2 atom stereocenters. The summed E-state index contributed by atoms with van der Waals surface area (Å²) in [6.07, 6.45) is -0.289. The molecule has 0 aromatic heterocycles. The highest BCUT2D eigenvalue weighted by Crippen LogP contribution is 2.27. The van der Waals surface area contributed by atoms with Gasteiger partial charge in [0.25, 0.3) is 0 Å². The molecule has 0 spiro atoms. The number of hydrogen-bond donors (Lipinski definition) is 2. The van der Waals surface area contributed by atoms with Crippen LogP contribution in [0.3, 0.4) is 0 Å². The average molecular weight is 259 g/mol. The zero-order valence-electron chi connectivity index (χ0n) is 11.3. The van der Waals surface area contributed by atoms with Crippen molar-refractivity contribution in [1.29, 1.82) is 0 Å². The molecule has 18 heavy (non-hydrogen) atoms. The van der Waals surface area contributed by atoms with Gasteiger partial charge in [-0.1, -0.05) is 0 Å². The van der Waals surface area contributed by atoms with Crippen molar-refractivity contribution < 1.29 is 24.5 Å². The van der Waals surface area contributed by atoms with Crippen LogP contribution in [0.1, 0.15) is 40.5 Å². The fourth-order valence-electron chi connectivity index (χ4n) is 1.91. The number of rotatable bonds is 1. The molecule has 0 bridgehead atoms. The molecule has 0 saturated carbocycles. The molecule has 1 aliphatic rings. The second-order valence-corrected chi connectivity index (χ2v) is 5.98. The molecule has 1 saturated heterocycles. The van der Waals surface area contributed by atoms with E-state index in [4.69, 9.17) is 9.84 Å². The van der Waals surface area contributed by atoms with Crippen LogP contribution in [0.5, 0.6) is 0 Å². The van der Waals surface area contributed by atoms with Crippen molar-refractivity contribution in [2.45, 2.75) is 57.8 Å². The van der Waals surface area contributed by atoms with Gasteiger partial charge in [-0.25, -0.2) is 9.59 Å². The van der Waals surface area contributed by atoms with E-state index in [0.717, 1.165) is 0 Å². The van der Waals surface area contributed by atoms with Crippen molar-refractivity contribution in [2.75, 3.05) is 6.54 Å². The zero-order valence-corrected chi connectivity index (χ0v) is 11.3. The normalized spacial score (nSPS) is 28.9. The predicted octanol–water partition coefficient (Wildman–Crippen LogP) is 1.22. The fraction of sp³-hybridized carbons (Fsp3) is 0.833. The van der Waals surface area contributed by atoms with Crippen LogP contribution in [0.2, 0.25) is 0 Å². The van der Waals surface area contributed by atoms with Gasteiger partial charge in [0, 0.05) is 13.0 Å². The van der Waals surface area contributed by atoms with Crippen LogP contribution in [0.4, 0.5) is 4.79 Å². The lowest BCUT2D eigenvalue weighted by atomic mass is 9.88. The molecule has 1 rings (SSSR count). The summed E-state index contributed by atoms with van der Waals surface area (Å²) in [5.74, 6) is -1.12. The summed E-state index contributed by atoms with van der Waals surface area (Å²) < 4.78 is 5.17. The summed E-state index contributed by atoms with van der Waals surface area (Å²) >= 11 is 0. The van der Waals surface area contributed by atoms with Gasteiger partial charge in [-0.15, -0.1) is 0 Å². The largest absolute Gasteiger partial charge is 0.480 e. The van der Waals surface area contributed by atoms with Crippen molar-refractivity contribution in [2.24, 2.45) is 0 Å². The van der Waals surface area contributed by atoms with E-state index < -0.39 is 29.3 Å². The molecule has 0 aliphatic carbocycles. The number of carbonyl (C=O) groups is 2. The number of carboxylic acids is 1. The molecule has 0 aromatic carbocycles. The number of likely N-dealkylation sites (tertiary alicyclic amines) is 1. The van der Waals surface area contributed by atoms with E-state index in [2.05, 4.69) is 0 Å². The first-order chi connectivity index (χ1) is 8.02. The fourth-order valence-corrected chi connectivity index (χ4v) is 1.91. The summed E-state index contributed by atoms with van der Waals surface area (Å²) in [6, 6.07) is -1.04. The van der Waals surface area contributed by atoms with Gasteiger partial charge >= 0.3 is 12.1 Å². The van der Waals surface area contributed by atoms with Gasteiger partial charge in [0.2, 0.25) is 0 Å². The number of carbonyl (C=O) groups excluding carboxylic acids is 1. The molecule has 1 amide bonds. The summed E-state index contributed by atoms with van der Waals surface area (Å²) in [5.41, 5.74) is -1.72. The van der Waals surface area contributed by atoms with E-state index in [1.165, 1.54) is 4.90 Å². The van der Waals surface area contributed by atoms with Crippen molar-refractivity contribution in [1.82, 2.24) is 4.90 Å². The third-order valence-corrected chi connectivity index (χ3v) is 2.81. The van der Waals surface area contributed by atoms with E-state index in [1.54, 1.807) is 27.7 Å². The Morgan fingerprint density at radius 1 is 1.39 bits per heavy atom. The van der Waals surface area contributed by atoms with Gasteiger partial charge in [0.05, 0.1) is 5.60 Å². The molecule has 6 heteroatoms. The minimum atomic E-state index is -1.12. The third-order valence-electron chi connectivity index (χ3n) is 2.81.